The van der Waals surface area contributed by atoms with E-state index < -0.39 is 30.5 Å². The lowest BCUT2D eigenvalue weighted by molar-refractivity contribution is -0.151. The third-order valence-corrected chi connectivity index (χ3v) is 4.89. The molecule has 0 aliphatic carbocycles. The minimum Gasteiger partial charge on any atom is -0.441 e. The number of rotatable bonds is 5. The SMILES string of the molecule is CCC[C@@H](C)N1CC2(CCN(C(=O)CCC(F)(F)F)CC2)OC1=O. The van der Waals surface area contributed by atoms with Crippen LogP contribution in [0.1, 0.15) is 52.4 Å². The summed E-state index contributed by atoms with van der Waals surface area (Å²) in [4.78, 5) is 27.1. The summed E-state index contributed by atoms with van der Waals surface area (Å²) in [6, 6.07) is 0.105. The maximum Gasteiger partial charge on any atom is 0.410 e. The Kier molecular flexibility index (Phi) is 5.65. The molecule has 0 bridgehead atoms. The van der Waals surface area contributed by atoms with Gasteiger partial charge in [0.15, 0.2) is 0 Å². The topological polar surface area (TPSA) is 49.9 Å². The highest BCUT2D eigenvalue weighted by Crippen LogP contribution is 2.35. The fraction of sp³-hybridized carbons (Fsp3) is 0.875. The second kappa shape index (κ2) is 7.19. The van der Waals surface area contributed by atoms with Crippen LogP contribution in [0.3, 0.4) is 0 Å². The predicted octanol–water partition coefficient (Wildman–Crippen LogP) is 3.33. The average Bonchev–Trinajstić information content (AvgIpc) is 2.82. The number of piperidine rings is 1. The van der Waals surface area contributed by atoms with Crippen molar-refractivity contribution in [3.8, 4) is 0 Å². The van der Waals surface area contributed by atoms with Crippen LogP contribution in [0, 0.1) is 0 Å². The van der Waals surface area contributed by atoms with Gasteiger partial charge in [0.2, 0.25) is 5.91 Å². The van der Waals surface area contributed by atoms with Gasteiger partial charge in [-0.25, -0.2) is 4.79 Å². The Balaban J connectivity index is 1.86. The van der Waals surface area contributed by atoms with Crippen LogP contribution in [0.15, 0.2) is 0 Å². The van der Waals surface area contributed by atoms with Gasteiger partial charge in [-0.2, -0.15) is 13.2 Å². The molecule has 2 aliphatic rings. The lowest BCUT2D eigenvalue weighted by Crippen LogP contribution is -2.49. The number of carbonyl (C=O) groups excluding carboxylic acids is 2. The molecule has 0 saturated carbocycles. The van der Waals surface area contributed by atoms with Crippen LogP contribution in [-0.2, 0) is 9.53 Å². The number of carbonyl (C=O) groups is 2. The van der Waals surface area contributed by atoms with E-state index in [0.29, 0.717) is 32.5 Å². The molecule has 2 amide bonds. The Bertz CT molecular complexity index is 474. The molecule has 2 aliphatic heterocycles. The minimum atomic E-state index is -4.32. The summed E-state index contributed by atoms with van der Waals surface area (Å²) in [6.45, 7) is 5.20. The molecule has 1 atom stereocenters. The van der Waals surface area contributed by atoms with Crippen molar-refractivity contribution in [1.29, 1.82) is 0 Å². The Hall–Kier alpha value is -1.47. The smallest absolute Gasteiger partial charge is 0.410 e. The molecule has 24 heavy (non-hydrogen) atoms. The van der Waals surface area contributed by atoms with Crippen molar-refractivity contribution in [3.63, 3.8) is 0 Å². The third-order valence-electron chi connectivity index (χ3n) is 4.89. The number of alkyl halides is 3. The predicted molar refractivity (Wildman–Crippen MR) is 81.4 cm³/mol. The normalized spacial score (nSPS) is 22.0. The van der Waals surface area contributed by atoms with Crippen LogP contribution >= 0.6 is 0 Å². The molecule has 2 saturated heterocycles. The molecule has 0 aromatic rings. The summed E-state index contributed by atoms with van der Waals surface area (Å²) in [5.74, 6) is -0.484. The molecule has 138 valence electrons. The van der Waals surface area contributed by atoms with E-state index in [1.165, 1.54) is 4.90 Å². The van der Waals surface area contributed by atoms with Gasteiger partial charge in [-0.1, -0.05) is 13.3 Å². The van der Waals surface area contributed by atoms with Crippen LogP contribution in [0.2, 0.25) is 0 Å². The monoisotopic (exact) mass is 350 g/mol. The molecule has 0 aromatic heterocycles. The molecule has 0 unspecified atom stereocenters. The van der Waals surface area contributed by atoms with Crippen molar-refractivity contribution >= 4 is 12.0 Å². The largest absolute Gasteiger partial charge is 0.441 e. The van der Waals surface area contributed by atoms with Crippen LogP contribution in [0.4, 0.5) is 18.0 Å². The summed E-state index contributed by atoms with van der Waals surface area (Å²) in [5.41, 5.74) is -0.597. The summed E-state index contributed by atoms with van der Waals surface area (Å²) in [6.07, 6.45) is -3.43. The van der Waals surface area contributed by atoms with Gasteiger partial charge in [0.1, 0.15) is 5.60 Å². The number of ether oxygens (including phenoxy) is 1. The maximum atomic E-state index is 12.2. The Labute approximate surface area is 140 Å². The van der Waals surface area contributed by atoms with Gasteiger partial charge in [0.25, 0.3) is 0 Å². The van der Waals surface area contributed by atoms with Gasteiger partial charge < -0.3 is 14.5 Å². The summed E-state index contributed by atoms with van der Waals surface area (Å²) in [7, 11) is 0. The standard InChI is InChI=1S/C16H25F3N2O3/c1-3-4-12(2)21-11-15(24-14(21)23)7-9-20(10-8-15)13(22)5-6-16(17,18)19/h12H,3-11H2,1-2H3/t12-/m1/s1. The number of halogens is 3. The second-order valence-electron chi connectivity index (χ2n) is 6.81. The summed E-state index contributed by atoms with van der Waals surface area (Å²) in [5, 5.41) is 0. The van der Waals surface area contributed by atoms with Crippen LogP contribution in [0.5, 0.6) is 0 Å². The maximum absolute atomic E-state index is 12.2. The molecule has 2 rings (SSSR count). The van der Waals surface area contributed by atoms with E-state index in [2.05, 4.69) is 6.92 Å². The summed E-state index contributed by atoms with van der Waals surface area (Å²) < 4.78 is 42.2. The molecule has 2 heterocycles. The van der Waals surface area contributed by atoms with Crippen LogP contribution < -0.4 is 0 Å². The molecule has 0 aromatic carbocycles. The van der Waals surface area contributed by atoms with Gasteiger partial charge in [-0.3, -0.25) is 4.79 Å². The zero-order chi connectivity index (χ0) is 18.0. The molecule has 8 heteroatoms. The van der Waals surface area contributed by atoms with E-state index in [0.717, 1.165) is 12.8 Å². The van der Waals surface area contributed by atoms with Crippen LogP contribution in [0.25, 0.3) is 0 Å². The molecule has 2 fully saturated rings. The fourth-order valence-corrected chi connectivity index (χ4v) is 3.39. The van der Waals surface area contributed by atoms with Gasteiger partial charge in [0, 0.05) is 38.4 Å². The van der Waals surface area contributed by atoms with E-state index in [9.17, 15) is 22.8 Å². The Morgan fingerprint density at radius 2 is 1.96 bits per heavy atom. The highest BCUT2D eigenvalue weighted by molar-refractivity contribution is 5.76. The van der Waals surface area contributed by atoms with E-state index in [-0.39, 0.29) is 12.1 Å². The van der Waals surface area contributed by atoms with Crippen molar-refractivity contribution in [2.75, 3.05) is 19.6 Å². The first-order chi connectivity index (χ1) is 11.2. The van der Waals surface area contributed by atoms with E-state index >= 15 is 0 Å². The van der Waals surface area contributed by atoms with E-state index in [4.69, 9.17) is 4.74 Å². The van der Waals surface area contributed by atoms with Gasteiger partial charge >= 0.3 is 12.3 Å². The first-order valence-corrected chi connectivity index (χ1v) is 8.50. The van der Waals surface area contributed by atoms with Crippen molar-refractivity contribution < 1.29 is 27.5 Å². The van der Waals surface area contributed by atoms with Crippen molar-refractivity contribution in [2.45, 2.75) is 70.2 Å². The van der Waals surface area contributed by atoms with Gasteiger partial charge in [-0.15, -0.1) is 0 Å². The minimum absolute atomic E-state index is 0.105. The second-order valence-corrected chi connectivity index (χ2v) is 6.81. The lowest BCUT2D eigenvalue weighted by atomic mass is 9.90. The quantitative estimate of drug-likeness (QED) is 0.764. The average molecular weight is 350 g/mol. The van der Waals surface area contributed by atoms with Crippen molar-refractivity contribution in [2.24, 2.45) is 0 Å². The highest BCUT2D eigenvalue weighted by Gasteiger charge is 2.48. The third kappa shape index (κ3) is 4.54. The van der Waals surface area contributed by atoms with E-state index in [1.54, 1.807) is 4.90 Å². The molecular weight excluding hydrogens is 325 g/mol. The first-order valence-electron chi connectivity index (χ1n) is 8.50. The lowest BCUT2D eigenvalue weighted by Gasteiger charge is -2.37. The van der Waals surface area contributed by atoms with Gasteiger partial charge in [-0.05, 0) is 13.3 Å². The summed E-state index contributed by atoms with van der Waals surface area (Å²) >= 11 is 0. The number of hydrogen-bond donors (Lipinski definition) is 0. The highest BCUT2D eigenvalue weighted by atomic mass is 19.4. The van der Waals surface area contributed by atoms with Crippen LogP contribution in [-0.4, -0.2) is 59.3 Å². The fourth-order valence-electron chi connectivity index (χ4n) is 3.39. The van der Waals surface area contributed by atoms with E-state index in [1.807, 2.05) is 6.92 Å². The number of nitrogens with zero attached hydrogens (tertiary/aromatic N) is 2. The molecule has 0 radical (unpaired) electrons. The number of amides is 2. The van der Waals surface area contributed by atoms with Crippen molar-refractivity contribution in [3.05, 3.63) is 0 Å². The zero-order valence-electron chi connectivity index (χ0n) is 14.2. The number of hydrogen-bond acceptors (Lipinski definition) is 3. The zero-order valence-corrected chi connectivity index (χ0v) is 14.2. The van der Waals surface area contributed by atoms with Crippen molar-refractivity contribution in [1.82, 2.24) is 9.80 Å². The Morgan fingerprint density at radius 1 is 1.33 bits per heavy atom. The van der Waals surface area contributed by atoms with Gasteiger partial charge in [0.05, 0.1) is 13.0 Å². The molecule has 0 N–H and O–H groups in total. The molecule has 1 spiro atoms. The first kappa shape index (κ1) is 18.9. The molecular formula is C16H25F3N2O3. The Morgan fingerprint density at radius 3 is 2.50 bits per heavy atom. The number of likely N-dealkylation sites (tertiary alicyclic amines) is 1. The molecule has 5 nitrogen and oxygen atoms in total.